The standard InChI is InChI=1S/C27H25N3O4/c1-18-8-13-23(19(2)14-18)30-27(32)21(16-28)15-20-9-11-22(12-10-20)34-17-26(31)29-24-6-4-5-7-25(24)33-3/h4-15H,17H2,1-3H3,(H,29,31)(H,30,32)/b21-15-. The van der Waals surface area contributed by atoms with E-state index in [1.165, 1.54) is 13.2 Å². The Morgan fingerprint density at radius 2 is 1.71 bits per heavy atom. The van der Waals surface area contributed by atoms with Gasteiger partial charge in [0.1, 0.15) is 23.1 Å². The lowest BCUT2D eigenvalue weighted by atomic mass is 10.1. The number of carbonyl (C=O) groups is 2. The van der Waals surface area contributed by atoms with E-state index in [-0.39, 0.29) is 18.1 Å². The summed E-state index contributed by atoms with van der Waals surface area (Å²) < 4.78 is 10.7. The normalized spacial score (nSPS) is 10.7. The number of carbonyl (C=O) groups excluding carboxylic acids is 2. The molecule has 2 N–H and O–H groups in total. The Hall–Kier alpha value is -4.57. The van der Waals surface area contributed by atoms with Gasteiger partial charge in [-0.25, -0.2) is 0 Å². The minimum atomic E-state index is -0.484. The smallest absolute Gasteiger partial charge is 0.266 e. The molecule has 0 bridgehead atoms. The number of hydrogen-bond donors (Lipinski definition) is 2. The van der Waals surface area contributed by atoms with E-state index in [1.54, 1.807) is 42.5 Å². The number of ether oxygens (including phenoxy) is 2. The third-order valence-electron chi connectivity index (χ3n) is 4.94. The fraction of sp³-hybridized carbons (Fsp3) is 0.148. The molecule has 0 saturated heterocycles. The molecule has 0 aliphatic carbocycles. The molecular formula is C27H25N3O4. The van der Waals surface area contributed by atoms with Gasteiger partial charge < -0.3 is 20.1 Å². The van der Waals surface area contributed by atoms with E-state index >= 15 is 0 Å². The van der Waals surface area contributed by atoms with Crippen LogP contribution in [0.2, 0.25) is 0 Å². The first-order valence-electron chi connectivity index (χ1n) is 10.6. The number of nitriles is 1. The van der Waals surface area contributed by atoms with Crippen LogP contribution in [0, 0.1) is 25.2 Å². The number of methoxy groups -OCH3 is 1. The topological polar surface area (TPSA) is 100 Å². The quantitative estimate of drug-likeness (QED) is 0.373. The van der Waals surface area contributed by atoms with Crippen molar-refractivity contribution in [2.75, 3.05) is 24.4 Å². The van der Waals surface area contributed by atoms with Gasteiger partial charge in [0, 0.05) is 5.69 Å². The van der Waals surface area contributed by atoms with Gasteiger partial charge in [0.15, 0.2) is 6.61 Å². The van der Waals surface area contributed by atoms with Crippen LogP contribution in [0.15, 0.2) is 72.3 Å². The summed E-state index contributed by atoms with van der Waals surface area (Å²) in [6, 6.07) is 21.4. The predicted octanol–water partition coefficient (Wildman–Crippen LogP) is 4.88. The number of rotatable bonds is 8. The molecule has 0 fully saturated rings. The minimum absolute atomic E-state index is 0.0233. The van der Waals surface area contributed by atoms with E-state index in [0.717, 1.165) is 11.1 Å². The maximum atomic E-state index is 12.5. The highest BCUT2D eigenvalue weighted by molar-refractivity contribution is 6.10. The highest BCUT2D eigenvalue weighted by Gasteiger charge is 2.11. The zero-order valence-electron chi connectivity index (χ0n) is 19.2. The van der Waals surface area contributed by atoms with Crippen LogP contribution in [-0.2, 0) is 9.59 Å². The monoisotopic (exact) mass is 455 g/mol. The molecule has 3 aromatic carbocycles. The van der Waals surface area contributed by atoms with E-state index in [9.17, 15) is 14.9 Å². The summed E-state index contributed by atoms with van der Waals surface area (Å²) in [5.74, 6) is 0.221. The lowest BCUT2D eigenvalue weighted by Gasteiger charge is -2.11. The van der Waals surface area contributed by atoms with Crippen molar-refractivity contribution in [3.05, 3.63) is 89.0 Å². The Kier molecular flexibility index (Phi) is 8.03. The van der Waals surface area contributed by atoms with E-state index in [4.69, 9.17) is 9.47 Å². The maximum absolute atomic E-state index is 12.5. The SMILES string of the molecule is COc1ccccc1NC(=O)COc1ccc(/C=C(/C#N)C(=O)Nc2ccc(C)cc2C)cc1. The van der Waals surface area contributed by atoms with Gasteiger partial charge in [-0.3, -0.25) is 9.59 Å². The van der Waals surface area contributed by atoms with E-state index in [1.807, 2.05) is 44.2 Å². The van der Waals surface area contributed by atoms with Crippen molar-refractivity contribution in [2.24, 2.45) is 0 Å². The van der Waals surface area contributed by atoms with Crippen molar-refractivity contribution in [1.82, 2.24) is 0 Å². The summed E-state index contributed by atoms with van der Waals surface area (Å²) in [7, 11) is 1.53. The minimum Gasteiger partial charge on any atom is -0.495 e. The molecule has 0 radical (unpaired) electrons. The number of nitrogens with one attached hydrogen (secondary N) is 2. The zero-order valence-corrected chi connectivity index (χ0v) is 19.2. The van der Waals surface area contributed by atoms with Gasteiger partial charge in [-0.2, -0.15) is 5.26 Å². The van der Waals surface area contributed by atoms with Crippen LogP contribution in [-0.4, -0.2) is 25.5 Å². The summed E-state index contributed by atoms with van der Waals surface area (Å²) in [5.41, 5.74) is 3.85. The van der Waals surface area contributed by atoms with Crippen LogP contribution in [0.25, 0.3) is 6.08 Å². The number of benzene rings is 3. The summed E-state index contributed by atoms with van der Waals surface area (Å²) in [6.45, 7) is 3.68. The second kappa shape index (κ2) is 11.3. The largest absolute Gasteiger partial charge is 0.495 e. The number of aryl methyl sites for hydroxylation is 2. The highest BCUT2D eigenvalue weighted by atomic mass is 16.5. The Morgan fingerprint density at radius 3 is 2.38 bits per heavy atom. The van der Waals surface area contributed by atoms with Gasteiger partial charge in [-0.05, 0) is 61.4 Å². The maximum Gasteiger partial charge on any atom is 0.266 e. The molecule has 0 saturated carbocycles. The number of nitrogens with zero attached hydrogens (tertiary/aromatic N) is 1. The Balaban J connectivity index is 1.59. The van der Waals surface area contributed by atoms with Crippen LogP contribution in [0.1, 0.15) is 16.7 Å². The van der Waals surface area contributed by atoms with Gasteiger partial charge in [0.25, 0.3) is 11.8 Å². The average Bonchev–Trinajstić information content (AvgIpc) is 2.84. The fourth-order valence-electron chi connectivity index (χ4n) is 3.20. The van der Waals surface area contributed by atoms with Gasteiger partial charge >= 0.3 is 0 Å². The first-order chi connectivity index (χ1) is 16.4. The van der Waals surface area contributed by atoms with Crippen molar-refractivity contribution >= 4 is 29.3 Å². The van der Waals surface area contributed by atoms with Crippen molar-refractivity contribution < 1.29 is 19.1 Å². The van der Waals surface area contributed by atoms with Crippen LogP contribution >= 0.6 is 0 Å². The van der Waals surface area contributed by atoms with Crippen molar-refractivity contribution in [3.8, 4) is 17.6 Å². The van der Waals surface area contributed by atoms with Gasteiger partial charge in [-0.15, -0.1) is 0 Å². The Bertz CT molecular complexity index is 1260. The molecule has 0 heterocycles. The second-order valence-corrected chi connectivity index (χ2v) is 7.55. The number of para-hydroxylation sites is 2. The average molecular weight is 456 g/mol. The van der Waals surface area contributed by atoms with E-state index in [2.05, 4.69) is 10.6 Å². The predicted molar refractivity (Wildman–Crippen MR) is 132 cm³/mol. The molecule has 172 valence electrons. The lowest BCUT2D eigenvalue weighted by molar-refractivity contribution is -0.118. The number of hydrogen-bond acceptors (Lipinski definition) is 5. The summed E-state index contributed by atoms with van der Waals surface area (Å²) in [5, 5.41) is 15.0. The highest BCUT2D eigenvalue weighted by Crippen LogP contribution is 2.23. The van der Waals surface area contributed by atoms with Gasteiger partial charge in [0.05, 0.1) is 12.8 Å². The molecule has 0 atom stereocenters. The van der Waals surface area contributed by atoms with Crippen LogP contribution < -0.4 is 20.1 Å². The third-order valence-corrected chi connectivity index (χ3v) is 4.94. The molecular weight excluding hydrogens is 430 g/mol. The summed E-state index contributed by atoms with van der Waals surface area (Å²) >= 11 is 0. The molecule has 7 nitrogen and oxygen atoms in total. The molecule has 0 spiro atoms. The van der Waals surface area contributed by atoms with Gasteiger partial charge in [-0.1, -0.05) is 42.0 Å². The van der Waals surface area contributed by atoms with Crippen LogP contribution in [0.5, 0.6) is 11.5 Å². The summed E-state index contributed by atoms with van der Waals surface area (Å²) in [4.78, 5) is 24.7. The molecule has 3 aromatic rings. The lowest BCUT2D eigenvalue weighted by Crippen LogP contribution is -2.20. The van der Waals surface area contributed by atoms with Gasteiger partial charge in [0.2, 0.25) is 0 Å². The van der Waals surface area contributed by atoms with E-state index < -0.39 is 5.91 Å². The number of anilines is 2. The Morgan fingerprint density at radius 1 is 0.971 bits per heavy atom. The first-order valence-corrected chi connectivity index (χ1v) is 10.6. The second-order valence-electron chi connectivity index (χ2n) is 7.55. The molecule has 3 rings (SSSR count). The molecule has 0 aliphatic heterocycles. The fourth-order valence-corrected chi connectivity index (χ4v) is 3.20. The van der Waals surface area contributed by atoms with Crippen molar-refractivity contribution in [2.45, 2.75) is 13.8 Å². The Labute approximate surface area is 198 Å². The van der Waals surface area contributed by atoms with Crippen LogP contribution in [0.3, 0.4) is 0 Å². The third kappa shape index (κ3) is 6.47. The molecule has 7 heteroatoms. The molecule has 0 aromatic heterocycles. The van der Waals surface area contributed by atoms with Crippen LogP contribution in [0.4, 0.5) is 11.4 Å². The zero-order chi connectivity index (χ0) is 24.5. The molecule has 0 unspecified atom stereocenters. The molecule has 0 aliphatic rings. The number of amides is 2. The van der Waals surface area contributed by atoms with Crippen molar-refractivity contribution in [1.29, 1.82) is 5.26 Å². The van der Waals surface area contributed by atoms with E-state index in [0.29, 0.717) is 28.4 Å². The molecule has 34 heavy (non-hydrogen) atoms. The summed E-state index contributed by atoms with van der Waals surface area (Å²) in [6.07, 6.45) is 1.50. The first kappa shape index (κ1) is 24.1. The molecule has 2 amide bonds. The van der Waals surface area contributed by atoms with Crippen molar-refractivity contribution in [3.63, 3.8) is 0 Å².